The summed E-state index contributed by atoms with van der Waals surface area (Å²) in [4.78, 5) is 15.1. The molecule has 0 spiro atoms. The smallest absolute Gasteiger partial charge is 0.339 e. The molecule has 2 heterocycles. The van der Waals surface area contributed by atoms with Gasteiger partial charge in [0, 0.05) is 17.8 Å². The van der Waals surface area contributed by atoms with Crippen molar-refractivity contribution in [2.75, 3.05) is 0 Å². The Morgan fingerprint density at radius 2 is 2.00 bits per heavy atom. The molecule has 0 bridgehead atoms. The maximum atomic E-state index is 13.3. The molecular formula is C14H9F2N3O2. The molecule has 3 aromatic rings. The van der Waals surface area contributed by atoms with E-state index in [1.54, 1.807) is 13.0 Å². The summed E-state index contributed by atoms with van der Waals surface area (Å²) >= 11 is 0. The van der Waals surface area contributed by atoms with E-state index in [1.165, 1.54) is 16.8 Å². The lowest BCUT2D eigenvalue weighted by molar-refractivity contribution is 0.0695. The third-order valence-electron chi connectivity index (χ3n) is 3.17. The van der Waals surface area contributed by atoms with Gasteiger partial charge >= 0.3 is 5.97 Å². The molecule has 3 rings (SSSR count). The Morgan fingerprint density at radius 3 is 2.67 bits per heavy atom. The largest absolute Gasteiger partial charge is 0.478 e. The molecule has 0 saturated carbocycles. The zero-order chi connectivity index (χ0) is 15.1. The molecule has 0 fully saturated rings. The van der Waals surface area contributed by atoms with Crippen molar-refractivity contribution in [3.63, 3.8) is 0 Å². The number of carbonyl (C=O) groups is 1. The summed E-state index contributed by atoms with van der Waals surface area (Å²) < 4.78 is 27.6. The van der Waals surface area contributed by atoms with E-state index < -0.39 is 17.6 Å². The predicted octanol–water partition coefficient (Wildman–Crippen LogP) is 2.68. The van der Waals surface area contributed by atoms with Gasteiger partial charge in [0.1, 0.15) is 0 Å². The number of nitrogens with zero attached hydrogens (tertiary/aromatic N) is 3. The van der Waals surface area contributed by atoms with Gasteiger partial charge in [0.05, 0.1) is 17.0 Å². The van der Waals surface area contributed by atoms with Crippen LogP contribution in [-0.2, 0) is 0 Å². The van der Waals surface area contributed by atoms with Gasteiger partial charge in [0.25, 0.3) is 0 Å². The average Bonchev–Trinajstić information content (AvgIpc) is 2.87. The first-order valence-corrected chi connectivity index (χ1v) is 6.01. The maximum Gasteiger partial charge on any atom is 0.339 e. The lowest BCUT2D eigenvalue weighted by Gasteiger charge is -2.02. The van der Waals surface area contributed by atoms with Crippen LogP contribution in [0.1, 0.15) is 16.1 Å². The summed E-state index contributed by atoms with van der Waals surface area (Å²) in [7, 11) is 0. The third kappa shape index (κ3) is 2.12. The van der Waals surface area contributed by atoms with Crippen molar-refractivity contribution < 1.29 is 18.7 Å². The topological polar surface area (TPSA) is 67.5 Å². The van der Waals surface area contributed by atoms with Gasteiger partial charge in [-0.3, -0.25) is 0 Å². The molecular weight excluding hydrogens is 280 g/mol. The zero-order valence-electron chi connectivity index (χ0n) is 10.8. The van der Waals surface area contributed by atoms with Gasteiger partial charge in [-0.05, 0) is 25.1 Å². The molecule has 0 aliphatic rings. The predicted molar refractivity (Wildman–Crippen MR) is 70.0 cm³/mol. The molecule has 21 heavy (non-hydrogen) atoms. The number of rotatable bonds is 2. The molecule has 0 aliphatic carbocycles. The molecule has 0 radical (unpaired) electrons. The number of halogens is 2. The second-order valence-electron chi connectivity index (χ2n) is 4.49. The van der Waals surface area contributed by atoms with Crippen LogP contribution in [0.3, 0.4) is 0 Å². The summed E-state index contributed by atoms with van der Waals surface area (Å²) in [6, 6.07) is 5.02. The first-order chi connectivity index (χ1) is 9.97. The standard InChI is InChI=1S/C14H9F2N3O2/c1-7-9(14(20)21)6-17-13-5-12(18-19(7)13)8-2-3-10(15)11(16)4-8/h2-6H,1H3,(H,20,21). The summed E-state index contributed by atoms with van der Waals surface area (Å²) in [5, 5.41) is 13.2. The van der Waals surface area contributed by atoms with Crippen molar-refractivity contribution in [2.24, 2.45) is 0 Å². The number of carboxylic acids is 1. The first kappa shape index (κ1) is 13.2. The van der Waals surface area contributed by atoms with Crippen LogP contribution in [0.15, 0.2) is 30.5 Å². The Balaban J connectivity index is 2.19. The first-order valence-electron chi connectivity index (χ1n) is 6.01. The minimum absolute atomic E-state index is 0.0300. The van der Waals surface area contributed by atoms with Gasteiger partial charge in [-0.25, -0.2) is 23.1 Å². The highest BCUT2D eigenvalue weighted by molar-refractivity contribution is 5.88. The van der Waals surface area contributed by atoms with Crippen LogP contribution < -0.4 is 0 Å². The Kier molecular flexibility index (Phi) is 2.90. The van der Waals surface area contributed by atoms with Gasteiger partial charge in [-0.1, -0.05) is 0 Å². The van der Waals surface area contributed by atoms with Crippen molar-refractivity contribution in [2.45, 2.75) is 6.92 Å². The summed E-state index contributed by atoms with van der Waals surface area (Å²) in [5.74, 6) is -3.02. The molecule has 2 aromatic heterocycles. The number of benzene rings is 1. The number of aromatic nitrogens is 3. The fourth-order valence-corrected chi connectivity index (χ4v) is 2.05. The molecule has 0 amide bonds. The zero-order valence-corrected chi connectivity index (χ0v) is 10.8. The van der Waals surface area contributed by atoms with Crippen LogP contribution in [-0.4, -0.2) is 25.7 Å². The quantitative estimate of drug-likeness (QED) is 0.787. The molecule has 1 aromatic carbocycles. The highest BCUT2D eigenvalue weighted by atomic mass is 19.2. The number of aromatic carboxylic acids is 1. The molecule has 106 valence electrons. The summed E-state index contributed by atoms with van der Waals surface area (Å²) in [5.41, 5.74) is 1.63. The van der Waals surface area contributed by atoms with Gasteiger partial charge < -0.3 is 5.11 Å². The Hall–Kier alpha value is -2.83. The van der Waals surface area contributed by atoms with Crippen LogP contribution in [0.2, 0.25) is 0 Å². The Morgan fingerprint density at radius 1 is 1.24 bits per heavy atom. The molecule has 1 N–H and O–H groups in total. The molecule has 0 atom stereocenters. The summed E-state index contributed by atoms with van der Waals surface area (Å²) in [6.07, 6.45) is 1.24. The fourth-order valence-electron chi connectivity index (χ4n) is 2.05. The number of aryl methyl sites for hydroxylation is 1. The SMILES string of the molecule is Cc1c(C(=O)O)cnc2cc(-c3ccc(F)c(F)c3)nn12. The minimum Gasteiger partial charge on any atom is -0.478 e. The molecule has 0 saturated heterocycles. The fraction of sp³-hybridized carbons (Fsp3) is 0.0714. The van der Waals surface area contributed by atoms with Crippen molar-refractivity contribution in [3.8, 4) is 11.3 Å². The van der Waals surface area contributed by atoms with Crippen LogP contribution in [0, 0.1) is 18.6 Å². The number of hydrogen-bond acceptors (Lipinski definition) is 3. The monoisotopic (exact) mass is 289 g/mol. The van der Waals surface area contributed by atoms with E-state index in [0.29, 0.717) is 22.6 Å². The molecule has 7 heteroatoms. The van der Waals surface area contributed by atoms with Gasteiger partial charge in [0.2, 0.25) is 0 Å². The highest BCUT2D eigenvalue weighted by Gasteiger charge is 2.14. The second-order valence-corrected chi connectivity index (χ2v) is 4.49. The van der Waals surface area contributed by atoms with E-state index in [9.17, 15) is 13.6 Å². The van der Waals surface area contributed by atoms with E-state index in [4.69, 9.17) is 5.11 Å². The van der Waals surface area contributed by atoms with Crippen LogP contribution in [0.25, 0.3) is 16.9 Å². The Bertz CT molecular complexity index is 874. The van der Waals surface area contributed by atoms with Gasteiger partial charge in [-0.2, -0.15) is 5.10 Å². The van der Waals surface area contributed by atoms with E-state index in [-0.39, 0.29) is 5.56 Å². The summed E-state index contributed by atoms with van der Waals surface area (Å²) in [6.45, 7) is 1.60. The van der Waals surface area contributed by atoms with Crippen LogP contribution >= 0.6 is 0 Å². The van der Waals surface area contributed by atoms with Gasteiger partial charge in [0.15, 0.2) is 17.3 Å². The van der Waals surface area contributed by atoms with Crippen molar-refractivity contribution in [1.29, 1.82) is 0 Å². The van der Waals surface area contributed by atoms with Crippen molar-refractivity contribution >= 4 is 11.6 Å². The molecule has 0 aliphatic heterocycles. The van der Waals surface area contributed by atoms with E-state index in [2.05, 4.69) is 10.1 Å². The van der Waals surface area contributed by atoms with Crippen molar-refractivity contribution in [3.05, 3.63) is 53.4 Å². The lowest BCUT2D eigenvalue weighted by atomic mass is 10.1. The number of hydrogen-bond donors (Lipinski definition) is 1. The highest BCUT2D eigenvalue weighted by Crippen LogP contribution is 2.22. The number of fused-ring (bicyclic) bond motifs is 1. The van der Waals surface area contributed by atoms with Crippen molar-refractivity contribution in [1.82, 2.24) is 14.6 Å². The third-order valence-corrected chi connectivity index (χ3v) is 3.17. The second kappa shape index (κ2) is 4.62. The minimum atomic E-state index is -1.10. The van der Waals surface area contributed by atoms with E-state index in [1.807, 2.05) is 0 Å². The van der Waals surface area contributed by atoms with E-state index >= 15 is 0 Å². The van der Waals surface area contributed by atoms with Crippen LogP contribution in [0.5, 0.6) is 0 Å². The van der Waals surface area contributed by atoms with E-state index in [0.717, 1.165) is 12.1 Å². The number of carboxylic acid groups (broad SMARTS) is 1. The Labute approximate surface area is 117 Å². The maximum absolute atomic E-state index is 13.3. The van der Waals surface area contributed by atoms with Crippen LogP contribution in [0.4, 0.5) is 8.78 Å². The molecule has 0 unspecified atom stereocenters. The average molecular weight is 289 g/mol. The molecule has 5 nitrogen and oxygen atoms in total. The normalized spacial score (nSPS) is 11.0. The van der Waals surface area contributed by atoms with Gasteiger partial charge in [-0.15, -0.1) is 0 Å². The lowest BCUT2D eigenvalue weighted by Crippen LogP contribution is -2.06.